The van der Waals surface area contributed by atoms with Crippen LogP contribution in [0.5, 0.6) is 0 Å². The van der Waals surface area contributed by atoms with E-state index in [9.17, 15) is 9.50 Å². The molecule has 2 N–H and O–H groups in total. The first kappa shape index (κ1) is 21.9. The molecule has 0 aromatic carbocycles. The van der Waals surface area contributed by atoms with Gasteiger partial charge in [-0.05, 0) is 20.9 Å². The molecular weight excluding hydrogens is 349 g/mol. The predicted octanol–water partition coefficient (Wildman–Crippen LogP) is -0.133. The molecule has 0 saturated carbocycles. The molecule has 9 heteroatoms. The highest BCUT2D eigenvalue weighted by molar-refractivity contribution is 4.97. The van der Waals surface area contributed by atoms with Crippen LogP contribution in [0.3, 0.4) is 0 Å². The molecule has 0 aromatic heterocycles. The van der Waals surface area contributed by atoms with Crippen LogP contribution in [0.2, 0.25) is 0 Å². The van der Waals surface area contributed by atoms with Crippen molar-refractivity contribution < 1.29 is 37.9 Å². The van der Waals surface area contributed by atoms with E-state index in [2.05, 4.69) is 5.32 Å². The fraction of sp³-hybridized carbons (Fsp3) is 1.00. The van der Waals surface area contributed by atoms with Gasteiger partial charge >= 0.3 is 0 Å². The summed E-state index contributed by atoms with van der Waals surface area (Å²) in [6, 6.07) is -0.342. The zero-order valence-electron chi connectivity index (χ0n) is 16.3. The number of nitrogens with one attached hydrogen (secondary N) is 1. The van der Waals surface area contributed by atoms with Crippen LogP contribution in [0.1, 0.15) is 13.8 Å². The van der Waals surface area contributed by atoms with E-state index < -0.39 is 49.1 Å². The first-order chi connectivity index (χ1) is 12.4. The molecular formula is C17H32FNO7. The monoisotopic (exact) mass is 381 g/mol. The van der Waals surface area contributed by atoms with Crippen molar-refractivity contribution in [2.45, 2.75) is 75.1 Å². The molecule has 0 aromatic rings. The van der Waals surface area contributed by atoms with E-state index in [1.807, 2.05) is 6.92 Å². The van der Waals surface area contributed by atoms with Crippen molar-refractivity contribution in [3.05, 3.63) is 0 Å². The Morgan fingerprint density at radius 2 is 1.65 bits per heavy atom. The Balaban J connectivity index is 2.17. The molecule has 154 valence electrons. The molecule has 10 atom stereocenters. The third-order valence-electron chi connectivity index (χ3n) is 5.18. The number of hydrogen-bond acceptors (Lipinski definition) is 8. The Hall–Kier alpha value is -0.390. The summed E-state index contributed by atoms with van der Waals surface area (Å²) in [5, 5.41) is 13.8. The number of aliphatic hydroxyl groups excluding tert-OH is 1. The molecule has 8 nitrogen and oxygen atoms in total. The van der Waals surface area contributed by atoms with Crippen molar-refractivity contribution in [3.8, 4) is 0 Å². The minimum absolute atomic E-state index is 0.204. The maximum atomic E-state index is 15.0. The van der Waals surface area contributed by atoms with Crippen molar-refractivity contribution >= 4 is 0 Å². The van der Waals surface area contributed by atoms with Crippen LogP contribution in [-0.4, -0.2) is 101 Å². The molecule has 26 heavy (non-hydrogen) atoms. The Morgan fingerprint density at radius 3 is 2.19 bits per heavy atom. The summed E-state index contributed by atoms with van der Waals surface area (Å²) in [5.41, 5.74) is 0. The predicted molar refractivity (Wildman–Crippen MR) is 90.8 cm³/mol. The van der Waals surface area contributed by atoms with Crippen molar-refractivity contribution in [2.24, 2.45) is 0 Å². The summed E-state index contributed by atoms with van der Waals surface area (Å²) in [6.45, 7) is 3.84. The largest absolute Gasteiger partial charge is 0.388 e. The van der Waals surface area contributed by atoms with E-state index in [4.69, 9.17) is 28.4 Å². The highest BCUT2D eigenvalue weighted by Gasteiger charge is 2.50. The second kappa shape index (κ2) is 9.70. The van der Waals surface area contributed by atoms with Gasteiger partial charge in [0.1, 0.15) is 30.5 Å². The first-order valence-electron chi connectivity index (χ1n) is 8.89. The fourth-order valence-electron chi connectivity index (χ4n) is 3.82. The van der Waals surface area contributed by atoms with Crippen molar-refractivity contribution in [2.75, 3.05) is 35.0 Å². The summed E-state index contributed by atoms with van der Waals surface area (Å²) >= 11 is 0. The third-order valence-corrected chi connectivity index (χ3v) is 5.18. The number of alkyl halides is 1. The average molecular weight is 381 g/mol. The third kappa shape index (κ3) is 4.36. The molecule has 2 fully saturated rings. The maximum Gasteiger partial charge on any atom is 0.192 e. The molecule has 2 aliphatic rings. The highest BCUT2D eigenvalue weighted by Crippen LogP contribution is 2.32. The highest BCUT2D eigenvalue weighted by atomic mass is 19.1. The van der Waals surface area contributed by atoms with Gasteiger partial charge < -0.3 is 38.8 Å². The maximum absolute atomic E-state index is 15.0. The number of likely N-dealkylation sites (N-methyl/N-ethyl adjacent to an activating group) is 1. The van der Waals surface area contributed by atoms with E-state index in [0.717, 1.165) is 0 Å². The van der Waals surface area contributed by atoms with Crippen LogP contribution in [-0.2, 0) is 28.4 Å². The summed E-state index contributed by atoms with van der Waals surface area (Å²) in [5.74, 6) is 0. The summed E-state index contributed by atoms with van der Waals surface area (Å²) in [6.07, 6.45) is -7.15. The lowest BCUT2D eigenvalue weighted by Crippen LogP contribution is -2.65. The van der Waals surface area contributed by atoms with E-state index in [-0.39, 0.29) is 18.8 Å². The van der Waals surface area contributed by atoms with Crippen LogP contribution in [0.25, 0.3) is 0 Å². The second-order valence-corrected chi connectivity index (χ2v) is 6.80. The van der Waals surface area contributed by atoms with Gasteiger partial charge in [-0.2, -0.15) is 0 Å². The second-order valence-electron chi connectivity index (χ2n) is 6.80. The molecule has 2 aliphatic heterocycles. The first-order valence-corrected chi connectivity index (χ1v) is 8.89. The molecule has 0 radical (unpaired) electrons. The lowest BCUT2D eigenvalue weighted by molar-refractivity contribution is -0.320. The smallest absolute Gasteiger partial charge is 0.192 e. The molecule has 0 bridgehead atoms. The Labute approximate surface area is 154 Å². The lowest BCUT2D eigenvalue weighted by atomic mass is 9.93. The normalized spacial score (nSPS) is 47.1. The fourth-order valence-corrected chi connectivity index (χ4v) is 3.82. The molecule has 2 saturated heterocycles. The van der Waals surface area contributed by atoms with E-state index >= 15 is 0 Å². The van der Waals surface area contributed by atoms with Crippen molar-refractivity contribution in [3.63, 3.8) is 0 Å². The Morgan fingerprint density at radius 1 is 1.00 bits per heavy atom. The van der Waals surface area contributed by atoms with Gasteiger partial charge in [-0.3, -0.25) is 0 Å². The Kier molecular flexibility index (Phi) is 8.17. The van der Waals surface area contributed by atoms with Gasteiger partial charge in [-0.15, -0.1) is 0 Å². The lowest BCUT2D eigenvalue weighted by Gasteiger charge is -2.47. The number of rotatable bonds is 7. The molecule has 0 spiro atoms. The zero-order valence-corrected chi connectivity index (χ0v) is 16.3. The molecule has 6 unspecified atom stereocenters. The minimum atomic E-state index is -1.56. The molecule has 2 heterocycles. The summed E-state index contributed by atoms with van der Waals surface area (Å²) in [4.78, 5) is 0. The number of ether oxygens (including phenoxy) is 6. The van der Waals surface area contributed by atoms with Gasteiger partial charge in [0, 0.05) is 21.3 Å². The molecule has 0 aliphatic carbocycles. The number of aliphatic hydroxyl groups is 1. The van der Waals surface area contributed by atoms with Crippen LogP contribution < -0.4 is 5.32 Å². The minimum Gasteiger partial charge on any atom is -0.388 e. The van der Waals surface area contributed by atoms with Gasteiger partial charge in [-0.1, -0.05) is 0 Å². The van der Waals surface area contributed by atoms with Crippen LogP contribution in [0.4, 0.5) is 4.39 Å². The van der Waals surface area contributed by atoms with E-state index in [0.29, 0.717) is 0 Å². The average Bonchev–Trinajstić information content (AvgIpc) is 2.61. The number of hydrogen-bond donors (Lipinski definition) is 2. The molecule has 0 amide bonds. The summed E-state index contributed by atoms with van der Waals surface area (Å²) in [7, 11) is 6.17. The Bertz CT molecular complexity index is 432. The summed E-state index contributed by atoms with van der Waals surface area (Å²) < 4.78 is 48.1. The van der Waals surface area contributed by atoms with Crippen LogP contribution >= 0.6 is 0 Å². The van der Waals surface area contributed by atoms with E-state index in [1.165, 1.54) is 21.3 Å². The quantitative estimate of drug-likeness (QED) is 0.631. The van der Waals surface area contributed by atoms with Gasteiger partial charge in [0.05, 0.1) is 24.9 Å². The van der Waals surface area contributed by atoms with Crippen molar-refractivity contribution in [1.82, 2.24) is 5.32 Å². The van der Waals surface area contributed by atoms with Gasteiger partial charge in [0.15, 0.2) is 12.5 Å². The number of methoxy groups -OCH3 is 3. The molecule has 2 rings (SSSR count). The number of halogens is 1. The van der Waals surface area contributed by atoms with Gasteiger partial charge in [-0.25, -0.2) is 4.39 Å². The standard InChI is InChI=1S/C17H32FNO7/c1-8-12(19-3)16(13(20)10(24-8)7-21-4)26-17-11(18)15(23-6)14(22-5)9(2)25-17/h8-17,19-20H,7H2,1-6H3/t8-,9?,10?,11?,12?,13+,14+,15?,16?,17-/m0/s1. The van der Waals surface area contributed by atoms with Crippen LogP contribution in [0.15, 0.2) is 0 Å². The zero-order chi connectivity index (χ0) is 19.4. The van der Waals surface area contributed by atoms with Gasteiger partial charge in [0.25, 0.3) is 0 Å². The van der Waals surface area contributed by atoms with Gasteiger partial charge in [0.2, 0.25) is 0 Å². The topological polar surface area (TPSA) is 87.6 Å². The van der Waals surface area contributed by atoms with Crippen LogP contribution in [0, 0.1) is 0 Å². The SMILES string of the molecule is CNC1C(O[C@@H]2OC(C)[C@@H](OC)C(OC)C2F)[C@H](O)C(COC)O[C@H]1C. The van der Waals surface area contributed by atoms with Crippen molar-refractivity contribution in [1.29, 1.82) is 0 Å². The van der Waals surface area contributed by atoms with E-state index in [1.54, 1.807) is 14.0 Å².